The van der Waals surface area contributed by atoms with Crippen LogP contribution < -0.4 is 5.32 Å². The number of amides is 1. The monoisotopic (exact) mass is 353 g/mol. The van der Waals surface area contributed by atoms with Crippen molar-refractivity contribution >= 4 is 34.8 Å². The highest BCUT2D eigenvalue weighted by Crippen LogP contribution is 2.61. The Bertz CT molecular complexity index is 600. The first-order chi connectivity index (χ1) is 10.9. The first-order valence-electron chi connectivity index (χ1n) is 8.40. The third-order valence-electron chi connectivity index (χ3n) is 6.00. The maximum absolute atomic E-state index is 12.5. The SMILES string of the molecule is O=C(CC12CC3CC(CC(C3)C1)C2)Nc1cc(Cl)c(O)c(Cl)c1. The first-order valence-corrected chi connectivity index (χ1v) is 9.16. The van der Waals surface area contributed by atoms with Gasteiger partial charge >= 0.3 is 0 Å². The van der Waals surface area contributed by atoms with Crippen LogP contribution in [0.1, 0.15) is 44.9 Å². The van der Waals surface area contributed by atoms with Gasteiger partial charge in [-0.05, 0) is 73.8 Å². The van der Waals surface area contributed by atoms with Crippen LogP contribution in [0, 0.1) is 23.2 Å². The molecular weight excluding hydrogens is 333 g/mol. The largest absolute Gasteiger partial charge is 0.505 e. The fraction of sp³-hybridized carbons (Fsp3) is 0.611. The fourth-order valence-corrected chi connectivity index (χ4v) is 6.18. The molecule has 0 atom stereocenters. The zero-order valence-corrected chi connectivity index (χ0v) is 14.5. The minimum Gasteiger partial charge on any atom is -0.505 e. The Morgan fingerprint density at radius 2 is 1.57 bits per heavy atom. The normalized spacial score (nSPS) is 34.6. The van der Waals surface area contributed by atoms with E-state index in [1.54, 1.807) is 12.1 Å². The van der Waals surface area contributed by atoms with E-state index in [2.05, 4.69) is 5.32 Å². The lowest BCUT2D eigenvalue weighted by atomic mass is 9.49. The number of hydrogen-bond donors (Lipinski definition) is 2. The van der Waals surface area contributed by atoms with E-state index in [4.69, 9.17) is 23.2 Å². The van der Waals surface area contributed by atoms with E-state index >= 15 is 0 Å². The number of carbonyl (C=O) groups is 1. The minimum absolute atomic E-state index is 0.0322. The highest BCUT2D eigenvalue weighted by Gasteiger charge is 2.51. The summed E-state index contributed by atoms with van der Waals surface area (Å²) in [7, 11) is 0. The Labute approximate surface area is 146 Å². The number of nitrogens with one attached hydrogen (secondary N) is 1. The van der Waals surface area contributed by atoms with E-state index < -0.39 is 0 Å². The Balaban J connectivity index is 1.46. The van der Waals surface area contributed by atoms with Gasteiger partial charge < -0.3 is 10.4 Å². The van der Waals surface area contributed by atoms with Crippen LogP contribution in [0.2, 0.25) is 10.0 Å². The molecule has 1 amide bonds. The van der Waals surface area contributed by atoms with Gasteiger partial charge in [-0.3, -0.25) is 4.79 Å². The molecule has 124 valence electrons. The number of phenolic OH excluding ortho intramolecular Hbond substituents is 1. The van der Waals surface area contributed by atoms with Crippen molar-refractivity contribution in [3.8, 4) is 5.75 Å². The molecule has 1 aromatic carbocycles. The van der Waals surface area contributed by atoms with Gasteiger partial charge in [-0.25, -0.2) is 0 Å². The smallest absolute Gasteiger partial charge is 0.224 e. The Kier molecular flexibility index (Phi) is 3.77. The van der Waals surface area contributed by atoms with E-state index in [0.717, 1.165) is 17.8 Å². The van der Waals surface area contributed by atoms with E-state index in [1.165, 1.54) is 38.5 Å². The highest BCUT2D eigenvalue weighted by atomic mass is 35.5. The molecule has 4 bridgehead atoms. The van der Waals surface area contributed by atoms with Gasteiger partial charge in [0, 0.05) is 12.1 Å². The molecule has 0 aliphatic heterocycles. The van der Waals surface area contributed by atoms with Crippen LogP contribution in [-0.4, -0.2) is 11.0 Å². The Hall–Kier alpha value is -0.930. The van der Waals surface area contributed by atoms with Crippen LogP contribution in [0.5, 0.6) is 5.75 Å². The average molecular weight is 354 g/mol. The molecule has 0 spiro atoms. The summed E-state index contributed by atoms with van der Waals surface area (Å²) < 4.78 is 0. The van der Waals surface area contributed by atoms with Crippen molar-refractivity contribution in [2.45, 2.75) is 44.9 Å². The average Bonchev–Trinajstić information content (AvgIpc) is 2.42. The van der Waals surface area contributed by atoms with Gasteiger partial charge in [-0.1, -0.05) is 23.2 Å². The fourth-order valence-electron chi connectivity index (χ4n) is 5.69. The molecule has 2 N–H and O–H groups in total. The van der Waals surface area contributed by atoms with Crippen LogP contribution in [-0.2, 0) is 4.79 Å². The molecule has 5 heteroatoms. The molecule has 4 aliphatic carbocycles. The van der Waals surface area contributed by atoms with Crippen molar-refractivity contribution in [2.75, 3.05) is 5.32 Å². The molecule has 1 aromatic rings. The van der Waals surface area contributed by atoms with Crippen molar-refractivity contribution < 1.29 is 9.90 Å². The lowest BCUT2D eigenvalue weighted by Crippen LogP contribution is -2.47. The number of benzene rings is 1. The van der Waals surface area contributed by atoms with Crippen molar-refractivity contribution in [1.29, 1.82) is 0 Å². The quantitative estimate of drug-likeness (QED) is 0.729. The van der Waals surface area contributed by atoms with Crippen molar-refractivity contribution in [3.63, 3.8) is 0 Å². The third-order valence-corrected chi connectivity index (χ3v) is 6.58. The van der Waals surface area contributed by atoms with Crippen molar-refractivity contribution in [1.82, 2.24) is 0 Å². The molecule has 4 fully saturated rings. The number of hydrogen-bond acceptors (Lipinski definition) is 2. The number of rotatable bonds is 3. The van der Waals surface area contributed by atoms with E-state index in [9.17, 15) is 9.90 Å². The molecule has 3 nitrogen and oxygen atoms in total. The topological polar surface area (TPSA) is 49.3 Å². The molecule has 4 aliphatic rings. The highest BCUT2D eigenvalue weighted by molar-refractivity contribution is 6.37. The van der Waals surface area contributed by atoms with Crippen LogP contribution in [0.3, 0.4) is 0 Å². The summed E-state index contributed by atoms with van der Waals surface area (Å²) >= 11 is 11.8. The van der Waals surface area contributed by atoms with Gasteiger partial charge in [-0.15, -0.1) is 0 Å². The minimum atomic E-state index is -0.146. The summed E-state index contributed by atoms with van der Waals surface area (Å²) in [6.45, 7) is 0. The maximum atomic E-state index is 12.5. The zero-order chi connectivity index (χ0) is 16.2. The second-order valence-corrected chi connectivity index (χ2v) is 8.75. The first kappa shape index (κ1) is 15.6. The Morgan fingerprint density at radius 1 is 1.09 bits per heavy atom. The lowest BCUT2D eigenvalue weighted by molar-refractivity contribution is -0.124. The third kappa shape index (κ3) is 2.94. The summed E-state index contributed by atoms with van der Waals surface area (Å²) in [6.07, 6.45) is 8.36. The molecule has 0 unspecified atom stereocenters. The second-order valence-electron chi connectivity index (χ2n) is 7.93. The predicted molar refractivity (Wildman–Crippen MR) is 92.0 cm³/mol. The molecule has 0 heterocycles. The number of anilines is 1. The number of carbonyl (C=O) groups excluding carboxylic acids is 1. The van der Waals surface area contributed by atoms with Crippen LogP contribution in [0.4, 0.5) is 5.69 Å². The number of phenols is 1. The molecule has 5 rings (SSSR count). The molecular formula is C18H21Cl2NO2. The van der Waals surface area contributed by atoms with Gasteiger partial charge in [-0.2, -0.15) is 0 Å². The zero-order valence-electron chi connectivity index (χ0n) is 12.9. The van der Waals surface area contributed by atoms with Gasteiger partial charge in [0.05, 0.1) is 10.0 Å². The maximum Gasteiger partial charge on any atom is 0.224 e. The summed E-state index contributed by atoms with van der Waals surface area (Å²) in [6, 6.07) is 3.08. The van der Waals surface area contributed by atoms with Gasteiger partial charge in [0.15, 0.2) is 5.75 Å². The molecule has 23 heavy (non-hydrogen) atoms. The van der Waals surface area contributed by atoms with E-state index in [-0.39, 0.29) is 27.1 Å². The summed E-state index contributed by atoms with van der Waals surface area (Å²) in [5.41, 5.74) is 0.760. The van der Waals surface area contributed by atoms with E-state index in [0.29, 0.717) is 12.1 Å². The Morgan fingerprint density at radius 3 is 2.04 bits per heavy atom. The van der Waals surface area contributed by atoms with E-state index in [1.807, 2.05) is 0 Å². The van der Waals surface area contributed by atoms with Crippen molar-refractivity contribution in [3.05, 3.63) is 22.2 Å². The van der Waals surface area contributed by atoms with Gasteiger partial charge in [0.25, 0.3) is 0 Å². The number of halogens is 2. The molecule has 4 saturated carbocycles. The van der Waals surface area contributed by atoms with Crippen LogP contribution in [0.15, 0.2) is 12.1 Å². The predicted octanol–water partition coefficient (Wildman–Crippen LogP) is 5.24. The lowest BCUT2D eigenvalue weighted by Gasteiger charge is -2.56. The summed E-state index contributed by atoms with van der Waals surface area (Å²) in [5.74, 6) is 2.40. The summed E-state index contributed by atoms with van der Waals surface area (Å²) in [5, 5.41) is 12.8. The number of aromatic hydroxyl groups is 1. The summed E-state index contributed by atoms with van der Waals surface area (Å²) in [4.78, 5) is 12.5. The standard InChI is InChI=1S/C18H21Cl2NO2/c19-14-4-13(5-15(20)17(14)23)21-16(22)9-18-6-10-1-11(7-18)3-12(2-10)8-18/h4-5,10-12,23H,1-3,6-9H2,(H,21,22). The van der Waals surface area contributed by atoms with Crippen LogP contribution >= 0.6 is 23.2 Å². The molecule has 0 aromatic heterocycles. The van der Waals surface area contributed by atoms with Gasteiger partial charge in [0.1, 0.15) is 0 Å². The second kappa shape index (κ2) is 5.56. The molecule has 0 saturated heterocycles. The van der Waals surface area contributed by atoms with Crippen molar-refractivity contribution in [2.24, 2.45) is 23.2 Å². The van der Waals surface area contributed by atoms with Crippen LogP contribution in [0.25, 0.3) is 0 Å². The molecule has 0 radical (unpaired) electrons. The van der Waals surface area contributed by atoms with Gasteiger partial charge in [0.2, 0.25) is 5.91 Å².